The highest BCUT2D eigenvalue weighted by molar-refractivity contribution is 7.17. The van der Waals surface area contributed by atoms with Crippen LogP contribution in [0.5, 0.6) is 0 Å². The molecular formula is C26H26N4O2S. The molecule has 6 nitrogen and oxygen atoms in total. The number of carbonyl (C=O) groups excluding carboxylic acids is 2. The van der Waals surface area contributed by atoms with Crippen molar-refractivity contribution in [3.05, 3.63) is 82.1 Å². The molecule has 4 aromatic rings. The fraction of sp³-hybridized carbons (Fsp3) is 0.269. The molecule has 1 aliphatic heterocycles. The Bertz CT molecular complexity index is 1370. The molecule has 0 aliphatic carbocycles. The van der Waals surface area contributed by atoms with E-state index < -0.39 is 0 Å². The number of hydrogen-bond donors (Lipinski definition) is 1. The van der Waals surface area contributed by atoms with Crippen molar-refractivity contribution < 1.29 is 9.59 Å². The number of aromatic nitrogens is 2. The number of benzene rings is 2. The van der Waals surface area contributed by atoms with Gasteiger partial charge in [0.05, 0.1) is 12.2 Å². The zero-order valence-corrected chi connectivity index (χ0v) is 19.8. The molecule has 2 aromatic heterocycles. The van der Waals surface area contributed by atoms with Crippen molar-refractivity contribution >= 4 is 28.1 Å². The highest BCUT2D eigenvalue weighted by Crippen LogP contribution is 2.29. The van der Waals surface area contributed by atoms with Gasteiger partial charge in [0, 0.05) is 29.7 Å². The van der Waals surface area contributed by atoms with Crippen molar-refractivity contribution in [3.8, 4) is 11.1 Å². The SMILES string of the molecule is Cc1cn2c(C(=O)NCC3CCN3C(=O)c3ccccc3-c3ccc(C)c(C)c3)cnc2s1. The number of aryl methyl sites for hydroxylation is 3. The predicted molar refractivity (Wildman–Crippen MR) is 131 cm³/mol. The molecule has 7 heteroatoms. The molecule has 1 aliphatic rings. The molecule has 1 atom stereocenters. The third-order valence-electron chi connectivity index (χ3n) is 6.44. The van der Waals surface area contributed by atoms with Crippen LogP contribution in [0, 0.1) is 20.8 Å². The lowest BCUT2D eigenvalue weighted by atomic mass is 9.94. The number of amides is 2. The van der Waals surface area contributed by atoms with Gasteiger partial charge < -0.3 is 10.2 Å². The number of carbonyl (C=O) groups is 2. The number of likely N-dealkylation sites (tertiary alicyclic amines) is 1. The summed E-state index contributed by atoms with van der Waals surface area (Å²) < 4.78 is 1.82. The first kappa shape index (κ1) is 21.4. The maximum atomic E-state index is 13.4. The first-order chi connectivity index (χ1) is 15.9. The molecule has 1 fully saturated rings. The summed E-state index contributed by atoms with van der Waals surface area (Å²) in [5.41, 5.74) is 5.64. The highest BCUT2D eigenvalue weighted by Gasteiger charge is 2.34. The van der Waals surface area contributed by atoms with Crippen LogP contribution >= 0.6 is 11.3 Å². The summed E-state index contributed by atoms with van der Waals surface area (Å²) in [4.78, 5) is 34.3. The quantitative estimate of drug-likeness (QED) is 0.474. The van der Waals surface area contributed by atoms with E-state index in [0.717, 1.165) is 27.4 Å². The number of nitrogens with zero attached hydrogens (tertiary/aromatic N) is 3. The Hall–Kier alpha value is -3.45. The molecule has 5 rings (SSSR count). The van der Waals surface area contributed by atoms with Gasteiger partial charge >= 0.3 is 0 Å². The largest absolute Gasteiger partial charge is 0.349 e. The standard InChI is InChI=1S/C26H26N4O2S/c1-16-8-9-19(12-17(16)2)21-6-4-5-7-22(21)25(32)29-11-10-20(29)13-27-24(31)23-14-28-26-30(23)15-18(3)33-26/h4-9,12,14-15,20H,10-11,13H2,1-3H3,(H,27,31). The van der Waals surface area contributed by atoms with Crippen LogP contribution in [-0.4, -0.2) is 45.2 Å². The van der Waals surface area contributed by atoms with Crippen LogP contribution in [0.2, 0.25) is 0 Å². The highest BCUT2D eigenvalue weighted by atomic mass is 32.1. The number of nitrogens with one attached hydrogen (secondary N) is 1. The summed E-state index contributed by atoms with van der Waals surface area (Å²) >= 11 is 1.55. The van der Waals surface area contributed by atoms with E-state index in [9.17, 15) is 9.59 Å². The first-order valence-electron chi connectivity index (χ1n) is 11.1. The van der Waals surface area contributed by atoms with E-state index in [1.54, 1.807) is 17.5 Å². The average molecular weight is 459 g/mol. The van der Waals surface area contributed by atoms with Crippen LogP contribution in [0.25, 0.3) is 16.1 Å². The van der Waals surface area contributed by atoms with E-state index in [2.05, 4.69) is 42.3 Å². The Kier molecular flexibility index (Phi) is 5.50. The minimum Gasteiger partial charge on any atom is -0.349 e. The summed E-state index contributed by atoms with van der Waals surface area (Å²) in [5.74, 6) is -0.162. The number of rotatable bonds is 5. The van der Waals surface area contributed by atoms with Gasteiger partial charge in [-0.2, -0.15) is 0 Å². The van der Waals surface area contributed by atoms with Crippen LogP contribution in [-0.2, 0) is 0 Å². The van der Waals surface area contributed by atoms with Crippen molar-refractivity contribution in [2.45, 2.75) is 33.2 Å². The maximum absolute atomic E-state index is 13.4. The molecule has 0 saturated carbocycles. The number of imidazole rings is 1. The summed E-state index contributed by atoms with van der Waals surface area (Å²) in [7, 11) is 0. The molecule has 2 amide bonds. The zero-order valence-electron chi connectivity index (χ0n) is 19.0. The molecule has 0 spiro atoms. The number of thiazole rings is 1. The van der Waals surface area contributed by atoms with E-state index in [1.807, 2.05) is 46.7 Å². The smallest absolute Gasteiger partial charge is 0.270 e. The summed E-state index contributed by atoms with van der Waals surface area (Å²) in [6.45, 7) is 7.29. The van der Waals surface area contributed by atoms with Gasteiger partial charge in [-0.1, -0.05) is 36.4 Å². The minimum absolute atomic E-state index is 0.00882. The van der Waals surface area contributed by atoms with E-state index >= 15 is 0 Å². The third kappa shape index (κ3) is 3.93. The second kappa shape index (κ2) is 8.48. The van der Waals surface area contributed by atoms with Gasteiger partial charge in [-0.05, 0) is 55.5 Å². The Morgan fingerprint density at radius 3 is 2.70 bits per heavy atom. The Morgan fingerprint density at radius 1 is 1.12 bits per heavy atom. The predicted octanol–water partition coefficient (Wildman–Crippen LogP) is 4.63. The lowest BCUT2D eigenvalue weighted by molar-refractivity contribution is 0.0456. The molecule has 1 unspecified atom stereocenters. The molecule has 0 radical (unpaired) electrons. The van der Waals surface area contributed by atoms with Crippen molar-refractivity contribution in [2.24, 2.45) is 0 Å². The van der Waals surface area contributed by atoms with Crippen molar-refractivity contribution in [3.63, 3.8) is 0 Å². The van der Waals surface area contributed by atoms with Crippen LogP contribution in [0.4, 0.5) is 0 Å². The first-order valence-corrected chi connectivity index (χ1v) is 11.9. The van der Waals surface area contributed by atoms with E-state index in [0.29, 0.717) is 24.3 Å². The van der Waals surface area contributed by atoms with Gasteiger partial charge in [-0.25, -0.2) is 4.98 Å². The molecule has 0 bridgehead atoms. The van der Waals surface area contributed by atoms with E-state index in [4.69, 9.17) is 0 Å². The monoisotopic (exact) mass is 458 g/mol. The topological polar surface area (TPSA) is 66.7 Å². The summed E-state index contributed by atoms with van der Waals surface area (Å²) in [5, 5.41) is 3.00. The third-order valence-corrected chi connectivity index (χ3v) is 7.35. The van der Waals surface area contributed by atoms with Crippen molar-refractivity contribution in [1.29, 1.82) is 0 Å². The van der Waals surface area contributed by atoms with Crippen LogP contribution in [0.1, 0.15) is 43.3 Å². The summed E-state index contributed by atoms with van der Waals surface area (Å²) in [6, 6.07) is 14.0. The normalized spacial score (nSPS) is 15.5. The molecule has 168 valence electrons. The van der Waals surface area contributed by atoms with Crippen LogP contribution < -0.4 is 5.32 Å². The lowest BCUT2D eigenvalue weighted by Gasteiger charge is -2.41. The van der Waals surface area contributed by atoms with Crippen molar-refractivity contribution in [2.75, 3.05) is 13.1 Å². The number of fused-ring (bicyclic) bond motifs is 1. The fourth-order valence-electron chi connectivity index (χ4n) is 4.27. The average Bonchev–Trinajstić information content (AvgIpc) is 3.33. The summed E-state index contributed by atoms with van der Waals surface area (Å²) in [6.07, 6.45) is 4.39. The Labute approximate surface area is 196 Å². The lowest BCUT2D eigenvalue weighted by Crippen LogP contribution is -2.56. The zero-order chi connectivity index (χ0) is 23.1. The molecular weight excluding hydrogens is 432 g/mol. The molecule has 2 aromatic carbocycles. The van der Waals surface area contributed by atoms with Gasteiger partial charge in [0.1, 0.15) is 5.69 Å². The molecule has 1 N–H and O–H groups in total. The Balaban J connectivity index is 1.30. The Morgan fingerprint density at radius 2 is 1.94 bits per heavy atom. The van der Waals surface area contributed by atoms with Gasteiger partial charge in [0.25, 0.3) is 11.8 Å². The second-order valence-electron chi connectivity index (χ2n) is 8.63. The van der Waals surface area contributed by atoms with Crippen LogP contribution in [0.3, 0.4) is 0 Å². The van der Waals surface area contributed by atoms with Gasteiger partial charge in [0.2, 0.25) is 0 Å². The van der Waals surface area contributed by atoms with Gasteiger partial charge in [0.15, 0.2) is 4.96 Å². The van der Waals surface area contributed by atoms with E-state index in [1.165, 1.54) is 11.1 Å². The van der Waals surface area contributed by atoms with Crippen LogP contribution in [0.15, 0.2) is 54.9 Å². The maximum Gasteiger partial charge on any atom is 0.270 e. The fourth-order valence-corrected chi connectivity index (χ4v) is 5.07. The van der Waals surface area contributed by atoms with Crippen molar-refractivity contribution in [1.82, 2.24) is 19.6 Å². The molecule has 1 saturated heterocycles. The van der Waals surface area contributed by atoms with E-state index in [-0.39, 0.29) is 17.9 Å². The number of hydrogen-bond acceptors (Lipinski definition) is 4. The van der Waals surface area contributed by atoms with Gasteiger partial charge in [-0.15, -0.1) is 11.3 Å². The minimum atomic E-state index is -0.171. The molecule has 33 heavy (non-hydrogen) atoms. The molecule has 3 heterocycles. The van der Waals surface area contributed by atoms with Gasteiger partial charge in [-0.3, -0.25) is 14.0 Å². The second-order valence-corrected chi connectivity index (χ2v) is 9.85.